The number of halogens is 2. The highest BCUT2D eigenvalue weighted by molar-refractivity contribution is 9.10. The molecular weight excluding hydrogens is 326 g/mol. The lowest BCUT2D eigenvalue weighted by Gasteiger charge is -2.28. The standard InChI is InChI=1S/C15H19BrClNO/c1-10-4-2-3-5-12(10)9-18-15(19)11-6-7-13(16)14(17)8-11/h6-8,10,12H,2-5,9H2,1H3,(H,18,19). The fraction of sp³-hybridized carbons (Fsp3) is 0.533. The smallest absolute Gasteiger partial charge is 0.251 e. The minimum atomic E-state index is -0.0350. The monoisotopic (exact) mass is 343 g/mol. The molecule has 19 heavy (non-hydrogen) atoms. The number of benzene rings is 1. The first kappa shape index (κ1) is 14.9. The summed E-state index contributed by atoms with van der Waals surface area (Å²) in [5, 5.41) is 3.60. The van der Waals surface area contributed by atoms with E-state index in [1.54, 1.807) is 18.2 Å². The van der Waals surface area contributed by atoms with Gasteiger partial charge in [0.05, 0.1) is 5.02 Å². The van der Waals surface area contributed by atoms with Gasteiger partial charge in [0.15, 0.2) is 0 Å². The van der Waals surface area contributed by atoms with Crippen molar-refractivity contribution in [1.29, 1.82) is 0 Å². The van der Waals surface area contributed by atoms with Crippen LogP contribution in [0.4, 0.5) is 0 Å². The topological polar surface area (TPSA) is 29.1 Å². The van der Waals surface area contributed by atoms with Crippen molar-refractivity contribution in [2.75, 3.05) is 6.54 Å². The van der Waals surface area contributed by atoms with E-state index in [0.717, 1.165) is 11.0 Å². The second-order valence-electron chi connectivity index (χ2n) is 5.36. The predicted molar refractivity (Wildman–Crippen MR) is 82.6 cm³/mol. The summed E-state index contributed by atoms with van der Waals surface area (Å²) in [6.45, 7) is 3.06. The number of hydrogen-bond acceptors (Lipinski definition) is 1. The van der Waals surface area contributed by atoms with Gasteiger partial charge in [0.1, 0.15) is 0 Å². The Morgan fingerprint density at radius 1 is 1.42 bits per heavy atom. The van der Waals surface area contributed by atoms with E-state index < -0.39 is 0 Å². The van der Waals surface area contributed by atoms with E-state index in [0.29, 0.717) is 22.4 Å². The van der Waals surface area contributed by atoms with Crippen molar-refractivity contribution in [2.24, 2.45) is 11.8 Å². The van der Waals surface area contributed by atoms with Crippen LogP contribution in [-0.4, -0.2) is 12.5 Å². The van der Waals surface area contributed by atoms with Crippen LogP contribution in [0.2, 0.25) is 5.02 Å². The van der Waals surface area contributed by atoms with Crippen LogP contribution in [0.5, 0.6) is 0 Å². The lowest BCUT2D eigenvalue weighted by atomic mass is 9.80. The van der Waals surface area contributed by atoms with E-state index in [9.17, 15) is 4.79 Å². The maximum Gasteiger partial charge on any atom is 0.251 e. The number of hydrogen-bond donors (Lipinski definition) is 1. The summed E-state index contributed by atoms with van der Waals surface area (Å²) in [5.41, 5.74) is 0.622. The lowest BCUT2D eigenvalue weighted by molar-refractivity contribution is 0.0936. The van der Waals surface area contributed by atoms with Crippen LogP contribution in [0.15, 0.2) is 22.7 Å². The van der Waals surface area contributed by atoms with E-state index in [-0.39, 0.29) is 5.91 Å². The molecule has 0 saturated heterocycles. The Balaban J connectivity index is 1.91. The minimum Gasteiger partial charge on any atom is -0.352 e. The first-order valence-corrected chi connectivity index (χ1v) is 7.98. The Hall–Kier alpha value is -0.540. The van der Waals surface area contributed by atoms with Crippen molar-refractivity contribution in [3.63, 3.8) is 0 Å². The van der Waals surface area contributed by atoms with Gasteiger partial charge in [-0.05, 0) is 52.4 Å². The Kier molecular flexibility index (Phi) is 5.28. The van der Waals surface area contributed by atoms with Crippen LogP contribution in [-0.2, 0) is 0 Å². The van der Waals surface area contributed by atoms with Gasteiger partial charge >= 0.3 is 0 Å². The Labute approximate surface area is 128 Å². The van der Waals surface area contributed by atoms with Crippen LogP contribution < -0.4 is 5.32 Å². The second kappa shape index (κ2) is 6.76. The summed E-state index contributed by atoms with van der Waals surface area (Å²) >= 11 is 9.33. The van der Waals surface area contributed by atoms with Crippen LogP contribution in [0.25, 0.3) is 0 Å². The molecule has 1 amide bonds. The number of nitrogens with one attached hydrogen (secondary N) is 1. The Morgan fingerprint density at radius 3 is 2.84 bits per heavy atom. The van der Waals surface area contributed by atoms with Crippen molar-refractivity contribution in [3.8, 4) is 0 Å². The largest absolute Gasteiger partial charge is 0.352 e. The van der Waals surface area contributed by atoms with Crippen molar-refractivity contribution < 1.29 is 4.79 Å². The average Bonchev–Trinajstić information content (AvgIpc) is 2.40. The molecule has 1 aromatic rings. The second-order valence-corrected chi connectivity index (χ2v) is 6.62. The van der Waals surface area contributed by atoms with Gasteiger partial charge in [0.2, 0.25) is 0 Å². The molecular formula is C15H19BrClNO. The summed E-state index contributed by atoms with van der Waals surface area (Å²) in [4.78, 5) is 12.1. The first-order chi connectivity index (χ1) is 9.08. The quantitative estimate of drug-likeness (QED) is 0.849. The number of rotatable bonds is 3. The first-order valence-electron chi connectivity index (χ1n) is 6.81. The summed E-state index contributed by atoms with van der Waals surface area (Å²) in [5.74, 6) is 1.29. The predicted octanol–water partition coefficient (Wildman–Crippen LogP) is 4.66. The molecule has 1 fully saturated rings. The summed E-state index contributed by atoms with van der Waals surface area (Å²) in [7, 11) is 0. The van der Waals surface area contributed by atoms with Gasteiger partial charge in [-0.2, -0.15) is 0 Å². The molecule has 1 saturated carbocycles. The lowest BCUT2D eigenvalue weighted by Crippen LogP contribution is -2.33. The van der Waals surface area contributed by atoms with E-state index in [2.05, 4.69) is 28.2 Å². The summed E-state index contributed by atoms with van der Waals surface area (Å²) < 4.78 is 0.812. The maximum absolute atomic E-state index is 12.1. The van der Waals surface area contributed by atoms with E-state index in [1.165, 1.54) is 25.7 Å². The van der Waals surface area contributed by atoms with Crippen LogP contribution in [0, 0.1) is 11.8 Å². The normalized spacial score (nSPS) is 23.1. The van der Waals surface area contributed by atoms with Crippen molar-refractivity contribution in [1.82, 2.24) is 5.32 Å². The van der Waals surface area contributed by atoms with Gasteiger partial charge in [0, 0.05) is 16.6 Å². The molecule has 0 aliphatic heterocycles. The molecule has 0 aromatic heterocycles. The summed E-state index contributed by atoms with van der Waals surface area (Å²) in [6.07, 6.45) is 5.12. The number of amides is 1. The zero-order chi connectivity index (χ0) is 13.8. The number of carbonyl (C=O) groups is 1. The molecule has 1 aliphatic rings. The Morgan fingerprint density at radius 2 is 2.16 bits per heavy atom. The Bertz CT molecular complexity index is 463. The summed E-state index contributed by atoms with van der Waals surface area (Å²) in [6, 6.07) is 5.29. The van der Waals surface area contributed by atoms with Crippen molar-refractivity contribution in [2.45, 2.75) is 32.6 Å². The van der Waals surface area contributed by atoms with Gasteiger partial charge in [-0.1, -0.05) is 37.8 Å². The molecule has 0 radical (unpaired) electrons. The van der Waals surface area contributed by atoms with Crippen molar-refractivity contribution >= 4 is 33.4 Å². The SMILES string of the molecule is CC1CCCCC1CNC(=O)c1ccc(Br)c(Cl)c1. The molecule has 2 rings (SSSR count). The zero-order valence-corrected chi connectivity index (χ0v) is 13.4. The number of carbonyl (C=O) groups excluding carboxylic acids is 1. The molecule has 0 heterocycles. The van der Waals surface area contributed by atoms with E-state index in [1.807, 2.05) is 0 Å². The minimum absolute atomic E-state index is 0.0350. The van der Waals surface area contributed by atoms with Gasteiger partial charge in [-0.25, -0.2) is 0 Å². The molecule has 2 nitrogen and oxygen atoms in total. The van der Waals surface area contributed by atoms with Crippen LogP contribution >= 0.6 is 27.5 Å². The molecule has 0 spiro atoms. The van der Waals surface area contributed by atoms with E-state index >= 15 is 0 Å². The van der Waals surface area contributed by atoms with Crippen LogP contribution in [0.3, 0.4) is 0 Å². The van der Waals surface area contributed by atoms with Crippen molar-refractivity contribution in [3.05, 3.63) is 33.3 Å². The molecule has 2 atom stereocenters. The van der Waals surface area contributed by atoms with Gasteiger partial charge < -0.3 is 5.32 Å². The molecule has 1 aliphatic carbocycles. The molecule has 1 N–H and O–H groups in total. The highest BCUT2D eigenvalue weighted by Gasteiger charge is 2.21. The average molecular weight is 345 g/mol. The molecule has 1 aromatic carbocycles. The molecule has 0 bridgehead atoms. The molecule has 104 valence electrons. The van der Waals surface area contributed by atoms with Gasteiger partial charge in [-0.3, -0.25) is 4.79 Å². The van der Waals surface area contributed by atoms with Gasteiger partial charge in [0.25, 0.3) is 5.91 Å². The molecule has 2 unspecified atom stereocenters. The van der Waals surface area contributed by atoms with Crippen LogP contribution in [0.1, 0.15) is 43.0 Å². The zero-order valence-electron chi connectivity index (χ0n) is 11.1. The highest BCUT2D eigenvalue weighted by Crippen LogP contribution is 2.29. The highest BCUT2D eigenvalue weighted by atomic mass is 79.9. The third kappa shape index (κ3) is 3.96. The maximum atomic E-state index is 12.1. The molecule has 4 heteroatoms. The fourth-order valence-electron chi connectivity index (χ4n) is 2.66. The van der Waals surface area contributed by atoms with E-state index in [4.69, 9.17) is 11.6 Å². The third-order valence-corrected chi connectivity index (χ3v) is 5.23. The third-order valence-electron chi connectivity index (χ3n) is 4.00. The fourth-order valence-corrected chi connectivity index (χ4v) is 3.09. The van der Waals surface area contributed by atoms with Gasteiger partial charge in [-0.15, -0.1) is 0 Å².